The van der Waals surface area contributed by atoms with Crippen LogP contribution in [0.4, 0.5) is 5.88 Å². The van der Waals surface area contributed by atoms with E-state index >= 15 is 0 Å². The van der Waals surface area contributed by atoms with E-state index in [0.29, 0.717) is 0 Å². The lowest BCUT2D eigenvalue weighted by Crippen LogP contribution is -2.27. The molecule has 0 bridgehead atoms. The quantitative estimate of drug-likeness (QED) is 0.552. The second-order valence-corrected chi connectivity index (χ2v) is 5.92. The Bertz CT molecular complexity index is 837. The Kier molecular flexibility index (Phi) is 4.09. The Balaban J connectivity index is 1.64. The first-order valence-corrected chi connectivity index (χ1v) is 7.55. The summed E-state index contributed by atoms with van der Waals surface area (Å²) in [6.07, 6.45) is -0.860. The Morgan fingerprint density at radius 3 is 2.83 bits per heavy atom. The normalized spacial score (nSPS) is 12.2. The van der Waals surface area contributed by atoms with Crippen LogP contribution in [0.25, 0.3) is 10.1 Å². The third-order valence-corrected chi connectivity index (χ3v) is 4.44. The summed E-state index contributed by atoms with van der Waals surface area (Å²) in [7, 11) is 0. The Hall–Kier alpha value is -2.71. The third-order valence-electron chi connectivity index (χ3n) is 3.22. The van der Waals surface area contributed by atoms with Gasteiger partial charge in [0.05, 0.1) is 6.07 Å². The van der Waals surface area contributed by atoms with Crippen LogP contribution in [0.5, 0.6) is 0 Å². The molecule has 0 aliphatic carbocycles. The van der Waals surface area contributed by atoms with E-state index in [1.54, 1.807) is 0 Å². The fourth-order valence-corrected chi connectivity index (χ4v) is 3.14. The molecule has 2 aromatic heterocycles. The summed E-state index contributed by atoms with van der Waals surface area (Å²) in [4.78, 5) is 22.4. The first kappa shape index (κ1) is 15.2. The number of benzene rings is 1. The number of nitro groups is 1. The highest BCUT2D eigenvalue weighted by atomic mass is 32.1. The number of carbonyl (C=O) groups is 1. The largest absolute Gasteiger partial charge is 0.433 e. The molecule has 0 saturated carbocycles. The predicted molar refractivity (Wildman–Crippen MR) is 84.5 cm³/mol. The van der Waals surface area contributed by atoms with Gasteiger partial charge >= 0.3 is 5.88 Å². The monoisotopic (exact) mass is 332 g/mol. The van der Waals surface area contributed by atoms with E-state index in [0.717, 1.165) is 21.0 Å². The van der Waals surface area contributed by atoms with Gasteiger partial charge in [0.1, 0.15) is 11.0 Å². The van der Waals surface area contributed by atoms with Crippen molar-refractivity contribution in [3.05, 3.63) is 63.2 Å². The molecule has 3 aromatic rings. The molecule has 23 heavy (non-hydrogen) atoms. The minimum absolute atomic E-state index is 0.0137. The number of hydrogen-bond acceptors (Lipinski definition) is 6. The fraction of sp³-hybridized carbons (Fsp3) is 0.133. The lowest BCUT2D eigenvalue weighted by molar-refractivity contribution is -0.402. The molecule has 0 fully saturated rings. The Labute approximate surface area is 134 Å². The average Bonchev–Trinajstić information content (AvgIpc) is 3.18. The van der Waals surface area contributed by atoms with Crippen LogP contribution in [0.2, 0.25) is 0 Å². The number of furan rings is 1. The van der Waals surface area contributed by atoms with E-state index in [4.69, 9.17) is 4.42 Å². The van der Waals surface area contributed by atoms with Crippen LogP contribution < -0.4 is 5.32 Å². The van der Waals surface area contributed by atoms with E-state index in [2.05, 4.69) is 5.32 Å². The van der Waals surface area contributed by atoms with Gasteiger partial charge in [0, 0.05) is 16.1 Å². The minimum atomic E-state index is -0.860. The van der Waals surface area contributed by atoms with Gasteiger partial charge in [-0.15, -0.1) is 11.3 Å². The SMILES string of the molecule is O=C(NC[C@@H](O)c1cc2ccccc2s1)c1ccc([N+](=O)[O-])o1. The van der Waals surface area contributed by atoms with Crippen LogP contribution in [0.1, 0.15) is 21.5 Å². The maximum atomic E-state index is 11.9. The second kappa shape index (κ2) is 6.19. The molecule has 1 amide bonds. The standard InChI is InChI=1S/C15H12N2O5S/c18-10(13-7-9-3-1-2-4-12(9)23-13)8-16-15(19)11-5-6-14(22-11)17(20)21/h1-7,10,18H,8H2,(H,16,19)/t10-/m1/s1. The lowest BCUT2D eigenvalue weighted by Gasteiger charge is -2.08. The highest BCUT2D eigenvalue weighted by Crippen LogP contribution is 2.29. The van der Waals surface area contributed by atoms with Crippen molar-refractivity contribution >= 4 is 33.2 Å². The minimum Gasteiger partial charge on any atom is -0.395 e. The molecule has 2 heterocycles. The summed E-state index contributed by atoms with van der Waals surface area (Å²) in [6.45, 7) is -0.0137. The number of nitrogens with zero attached hydrogens (tertiary/aromatic N) is 1. The molecule has 118 valence electrons. The van der Waals surface area contributed by atoms with E-state index in [1.165, 1.54) is 17.4 Å². The molecule has 3 rings (SSSR count). The summed E-state index contributed by atoms with van der Waals surface area (Å²) in [5.74, 6) is -1.28. The van der Waals surface area contributed by atoms with Gasteiger partial charge < -0.3 is 14.8 Å². The van der Waals surface area contributed by atoms with Crippen LogP contribution in [-0.2, 0) is 0 Å². The van der Waals surface area contributed by atoms with Gasteiger partial charge in [-0.25, -0.2) is 0 Å². The maximum absolute atomic E-state index is 11.9. The topological polar surface area (TPSA) is 106 Å². The molecule has 0 aliphatic rings. The molecule has 0 saturated heterocycles. The maximum Gasteiger partial charge on any atom is 0.433 e. The average molecular weight is 332 g/mol. The van der Waals surface area contributed by atoms with Gasteiger partial charge in [0.25, 0.3) is 5.91 Å². The zero-order valence-corrected chi connectivity index (χ0v) is 12.6. The van der Waals surface area contributed by atoms with Crippen molar-refractivity contribution in [2.75, 3.05) is 6.54 Å². The van der Waals surface area contributed by atoms with Crippen molar-refractivity contribution in [2.45, 2.75) is 6.10 Å². The first-order valence-electron chi connectivity index (χ1n) is 6.73. The first-order chi connectivity index (χ1) is 11.0. The highest BCUT2D eigenvalue weighted by Gasteiger charge is 2.19. The molecule has 0 unspecified atom stereocenters. The predicted octanol–water partition coefficient (Wildman–Crippen LogP) is 2.87. The number of fused-ring (bicyclic) bond motifs is 1. The van der Waals surface area contributed by atoms with Gasteiger partial charge in [-0.1, -0.05) is 18.2 Å². The molecule has 0 aliphatic heterocycles. The van der Waals surface area contributed by atoms with Crippen LogP contribution >= 0.6 is 11.3 Å². The number of nitrogens with one attached hydrogen (secondary N) is 1. The summed E-state index contributed by atoms with van der Waals surface area (Å²) < 4.78 is 5.85. The zero-order chi connectivity index (χ0) is 16.4. The number of aliphatic hydroxyl groups is 1. The van der Waals surface area contributed by atoms with Crippen molar-refractivity contribution in [1.82, 2.24) is 5.32 Å². The number of carbonyl (C=O) groups excluding carboxylic acids is 1. The van der Waals surface area contributed by atoms with Crippen molar-refractivity contribution in [3.63, 3.8) is 0 Å². The molecular formula is C15H12N2O5S. The fourth-order valence-electron chi connectivity index (χ4n) is 2.09. The van der Waals surface area contributed by atoms with Gasteiger partial charge in [-0.05, 0) is 23.6 Å². The summed E-state index contributed by atoms with van der Waals surface area (Å²) in [5.41, 5.74) is 0. The lowest BCUT2D eigenvalue weighted by atomic mass is 10.2. The molecule has 8 heteroatoms. The van der Waals surface area contributed by atoms with Crippen molar-refractivity contribution < 1.29 is 19.2 Å². The van der Waals surface area contributed by atoms with Crippen LogP contribution in [0, 0.1) is 10.1 Å². The zero-order valence-electron chi connectivity index (χ0n) is 11.8. The molecule has 1 atom stereocenters. The van der Waals surface area contributed by atoms with Gasteiger partial charge in [-0.2, -0.15) is 0 Å². The molecule has 1 aromatic carbocycles. The number of aliphatic hydroxyl groups excluding tert-OH is 1. The number of thiophene rings is 1. The molecule has 0 spiro atoms. The summed E-state index contributed by atoms with van der Waals surface area (Å²) in [6, 6.07) is 11.9. The van der Waals surface area contributed by atoms with Crippen molar-refractivity contribution in [2.24, 2.45) is 0 Å². The van der Waals surface area contributed by atoms with Gasteiger partial charge in [0.15, 0.2) is 5.76 Å². The number of amides is 1. The smallest absolute Gasteiger partial charge is 0.395 e. The van der Waals surface area contributed by atoms with E-state index in [1.807, 2.05) is 30.3 Å². The van der Waals surface area contributed by atoms with E-state index in [-0.39, 0.29) is 12.3 Å². The van der Waals surface area contributed by atoms with Crippen LogP contribution in [-0.4, -0.2) is 22.5 Å². The number of hydrogen-bond donors (Lipinski definition) is 2. The van der Waals surface area contributed by atoms with Crippen LogP contribution in [0.15, 0.2) is 46.9 Å². The molecular weight excluding hydrogens is 320 g/mol. The van der Waals surface area contributed by atoms with Gasteiger partial charge in [0.2, 0.25) is 0 Å². The third kappa shape index (κ3) is 3.22. The van der Waals surface area contributed by atoms with Gasteiger partial charge in [-0.3, -0.25) is 14.9 Å². The van der Waals surface area contributed by atoms with E-state index < -0.39 is 22.8 Å². The second-order valence-electron chi connectivity index (χ2n) is 4.81. The molecule has 7 nitrogen and oxygen atoms in total. The Morgan fingerprint density at radius 2 is 2.13 bits per heavy atom. The van der Waals surface area contributed by atoms with Crippen molar-refractivity contribution in [3.8, 4) is 0 Å². The highest BCUT2D eigenvalue weighted by molar-refractivity contribution is 7.19. The van der Waals surface area contributed by atoms with E-state index in [9.17, 15) is 20.0 Å². The van der Waals surface area contributed by atoms with Crippen molar-refractivity contribution in [1.29, 1.82) is 0 Å². The summed E-state index contributed by atoms with van der Waals surface area (Å²) in [5, 5.41) is 24.2. The number of rotatable bonds is 5. The molecule has 0 radical (unpaired) electrons. The Morgan fingerprint density at radius 1 is 1.35 bits per heavy atom. The van der Waals surface area contributed by atoms with Crippen LogP contribution in [0.3, 0.4) is 0 Å². The summed E-state index contributed by atoms with van der Waals surface area (Å²) >= 11 is 1.45. The molecule has 2 N–H and O–H groups in total.